The molecule has 0 spiro atoms. The Kier molecular flexibility index (Phi) is 8.80. The van der Waals surface area contributed by atoms with E-state index in [4.69, 9.17) is 4.74 Å². The second kappa shape index (κ2) is 11.8. The summed E-state index contributed by atoms with van der Waals surface area (Å²) in [6, 6.07) is 9.98. The largest absolute Gasteiger partial charge is 0.439 e. The van der Waals surface area contributed by atoms with Crippen LogP contribution in [0.4, 0.5) is 0 Å². The van der Waals surface area contributed by atoms with Crippen molar-refractivity contribution in [2.75, 3.05) is 39.8 Å². The number of benzene rings is 1. The number of carbonyl (C=O) groups excluding carboxylic acids is 1. The van der Waals surface area contributed by atoms with E-state index in [0.717, 1.165) is 67.3 Å². The molecule has 1 fully saturated rings. The summed E-state index contributed by atoms with van der Waals surface area (Å²) in [5.41, 5.74) is 4.55. The van der Waals surface area contributed by atoms with Gasteiger partial charge in [0.1, 0.15) is 5.75 Å². The van der Waals surface area contributed by atoms with Crippen molar-refractivity contribution in [3.8, 4) is 11.6 Å². The molecule has 1 saturated heterocycles. The molecule has 1 aliphatic rings. The first-order valence-electron chi connectivity index (χ1n) is 11.6. The van der Waals surface area contributed by atoms with Crippen LogP contribution in [0.2, 0.25) is 0 Å². The van der Waals surface area contributed by atoms with E-state index in [9.17, 15) is 4.79 Å². The molecule has 1 aromatic carbocycles. The highest BCUT2D eigenvalue weighted by atomic mass is 16.5. The van der Waals surface area contributed by atoms with E-state index in [1.54, 1.807) is 0 Å². The lowest BCUT2D eigenvalue weighted by Crippen LogP contribution is -2.50. The molecule has 1 N–H and O–H groups in total. The van der Waals surface area contributed by atoms with Gasteiger partial charge in [0, 0.05) is 57.4 Å². The summed E-state index contributed by atoms with van der Waals surface area (Å²) in [7, 11) is 1.91. The Morgan fingerprint density at radius 3 is 2.55 bits per heavy atom. The number of hydrogen-bond acceptors (Lipinski definition) is 5. The lowest BCUT2D eigenvalue weighted by atomic mass is 10.0. The molecule has 1 aromatic heterocycles. The number of amides is 1. The molecule has 176 valence electrons. The van der Waals surface area contributed by atoms with Gasteiger partial charge in [-0.25, -0.2) is 4.98 Å². The number of ether oxygens (including phenoxy) is 1. The van der Waals surface area contributed by atoms with Crippen LogP contribution >= 0.6 is 0 Å². The van der Waals surface area contributed by atoms with Gasteiger partial charge in [-0.2, -0.15) is 0 Å². The van der Waals surface area contributed by atoms with Crippen molar-refractivity contribution in [2.24, 2.45) is 5.92 Å². The SMILES string of the molecule is C=C/C(=C\c1ccc(Oc2ccc(CNC)cn2)cc1C)CN1CCN(C(=O)C(C)C)CC1. The first-order valence-corrected chi connectivity index (χ1v) is 11.6. The number of hydrogen-bond donors (Lipinski definition) is 1. The van der Waals surface area contributed by atoms with Gasteiger partial charge in [-0.05, 0) is 48.4 Å². The number of pyridine rings is 1. The van der Waals surface area contributed by atoms with Crippen LogP contribution in [0.5, 0.6) is 11.6 Å². The highest BCUT2D eigenvalue weighted by Gasteiger charge is 2.22. The van der Waals surface area contributed by atoms with E-state index in [1.807, 2.05) is 62.3 Å². The van der Waals surface area contributed by atoms with Gasteiger partial charge in [-0.3, -0.25) is 9.69 Å². The standard InChI is InChI=1S/C27H36N4O2/c1-6-22(19-30-11-13-31(14-12-30)27(32)20(2)3)16-24-8-9-25(15-21(24)4)33-26-10-7-23(17-28-5)18-29-26/h6-10,15-16,18,20,28H,1,11-14,17,19H2,2-5H3/b22-16+. The Hall–Kier alpha value is -2.96. The zero-order valence-electron chi connectivity index (χ0n) is 20.3. The summed E-state index contributed by atoms with van der Waals surface area (Å²) in [4.78, 5) is 20.9. The number of nitrogens with one attached hydrogen (secondary N) is 1. The third-order valence-electron chi connectivity index (χ3n) is 5.83. The van der Waals surface area contributed by atoms with Crippen LogP contribution in [0, 0.1) is 12.8 Å². The summed E-state index contributed by atoms with van der Waals surface area (Å²) < 4.78 is 5.93. The molecule has 33 heavy (non-hydrogen) atoms. The number of carbonyl (C=O) groups is 1. The summed E-state index contributed by atoms with van der Waals surface area (Å²) in [6.45, 7) is 15.0. The Morgan fingerprint density at radius 2 is 1.97 bits per heavy atom. The van der Waals surface area contributed by atoms with Crippen molar-refractivity contribution in [2.45, 2.75) is 27.3 Å². The van der Waals surface area contributed by atoms with Crippen LogP contribution in [0.25, 0.3) is 6.08 Å². The lowest BCUT2D eigenvalue weighted by Gasteiger charge is -2.35. The molecule has 2 aromatic rings. The predicted molar refractivity (Wildman–Crippen MR) is 134 cm³/mol. The molecule has 3 rings (SSSR count). The number of piperazine rings is 1. The molecule has 6 heteroatoms. The summed E-state index contributed by atoms with van der Waals surface area (Å²) in [5, 5.41) is 3.11. The first-order chi connectivity index (χ1) is 15.9. The van der Waals surface area contributed by atoms with E-state index in [-0.39, 0.29) is 11.8 Å². The molecule has 6 nitrogen and oxygen atoms in total. The van der Waals surface area contributed by atoms with Crippen molar-refractivity contribution >= 4 is 12.0 Å². The van der Waals surface area contributed by atoms with Crippen molar-refractivity contribution in [3.63, 3.8) is 0 Å². The van der Waals surface area contributed by atoms with Crippen LogP contribution < -0.4 is 10.1 Å². The van der Waals surface area contributed by atoms with Gasteiger partial charge < -0.3 is 15.0 Å². The Labute approximate surface area is 198 Å². The highest BCUT2D eigenvalue weighted by molar-refractivity contribution is 5.78. The highest BCUT2D eigenvalue weighted by Crippen LogP contribution is 2.24. The fraction of sp³-hybridized carbons (Fsp3) is 0.407. The Morgan fingerprint density at radius 1 is 1.21 bits per heavy atom. The maximum absolute atomic E-state index is 12.2. The van der Waals surface area contributed by atoms with Gasteiger partial charge in [0.2, 0.25) is 11.8 Å². The van der Waals surface area contributed by atoms with Gasteiger partial charge >= 0.3 is 0 Å². The van der Waals surface area contributed by atoms with Gasteiger partial charge in [-0.15, -0.1) is 0 Å². The molecule has 0 saturated carbocycles. The predicted octanol–water partition coefficient (Wildman–Crippen LogP) is 4.27. The quantitative estimate of drug-likeness (QED) is 0.581. The summed E-state index contributed by atoms with van der Waals surface area (Å²) in [6.07, 6.45) is 5.93. The Bertz CT molecular complexity index is 974. The molecule has 0 radical (unpaired) electrons. The average molecular weight is 449 g/mol. The number of aryl methyl sites for hydroxylation is 1. The molecule has 2 heterocycles. The van der Waals surface area contributed by atoms with Gasteiger partial charge in [0.15, 0.2) is 0 Å². The smallest absolute Gasteiger partial charge is 0.225 e. The molecule has 1 aliphatic heterocycles. The molecule has 0 bridgehead atoms. The van der Waals surface area contributed by atoms with E-state index >= 15 is 0 Å². The van der Waals surface area contributed by atoms with Crippen molar-refractivity contribution in [1.29, 1.82) is 0 Å². The minimum absolute atomic E-state index is 0.0589. The van der Waals surface area contributed by atoms with E-state index in [0.29, 0.717) is 5.88 Å². The van der Waals surface area contributed by atoms with Crippen LogP contribution in [0.15, 0.2) is 54.8 Å². The second-order valence-electron chi connectivity index (χ2n) is 8.83. The fourth-order valence-electron chi connectivity index (χ4n) is 3.89. The van der Waals surface area contributed by atoms with E-state index in [2.05, 4.69) is 40.8 Å². The summed E-state index contributed by atoms with van der Waals surface area (Å²) >= 11 is 0. The lowest BCUT2D eigenvalue weighted by molar-refractivity contribution is -0.136. The van der Waals surface area contributed by atoms with Crippen LogP contribution in [0.3, 0.4) is 0 Å². The minimum Gasteiger partial charge on any atom is -0.439 e. The molecule has 1 amide bonds. The zero-order valence-corrected chi connectivity index (χ0v) is 20.3. The molecule has 0 aliphatic carbocycles. The van der Waals surface area contributed by atoms with Crippen molar-refractivity contribution in [1.82, 2.24) is 20.1 Å². The molecular formula is C27H36N4O2. The van der Waals surface area contributed by atoms with Crippen molar-refractivity contribution < 1.29 is 9.53 Å². The zero-order chi connectivity index (χ0) is 23.8. The minimum atomic E-state index is 0.0589. The molecular weight excluding hydrogens is 412 g/mol. The molecule has 0 unspecified atom stereocenters. The number of nitrogens with zero attached hydrogens (tertiary/aromatic N) is 3. The fourth-order valence-corrected chi connectivity index (χ4v) is 3.89. The van der Waals surface area contributed by atoms with Crippen LogP contribution in [0.1, 0.15) is 30.5 Å². The number of rotatable bonds is 9. The topological polar surface area (TPSA) is 57.7 Å². The first kappa shape index (κ1) is 24.7. The second-order valence-corrected chi connectivity index (χ2v) is 8.83. The molecule has 0 atom stereocenters. The van der Waals surface area contributed by atoms with Crippen LogP contribution in [-0.2, 0) is 11.3 Å². The average Bonchev–Trinajstić information content (AvgIpc) is 2.81. The normalized spacial score (nSPS) is 15.1. The Balaban J connectivity index is 1.60. The van der Waals surface area contributed by atoms with Gasteiger partial charge in [0.05, 0.1) is 0 Å². The van der Waals surface area contributed by atoms with Crippen molar-refractivity contribution in [3.05, 3.63) is 71.4 Å². The maximum atomic E-state index is 12.2. The van der Waals surface area contributed by atoms with E-state index < -0.39 is 0 Å². The maximum Gasteiger partial charge on any atom is 0.225 e. The monoisotopic (exact) mass is 448 g/mol. The van der Waals surface area contributed by atoms with E-state index in [1.165, 1.54) is 0 Å². The third kappa shape index (κ3) is 7.01. The van der Waals surface area contributed by atoms with Gasteiger partial charge in [0.25, 0.3) is 0 Å². The number of aromatic nitrogens is 1. The van der Waals surface area contributed by atoms with Crippen LogP contribution in [-0.4, -0.2) is 60.5 Å². The van der Waals surface area contributed by atoms with Gasteiger partial charge in [-0.1, -0.05) is 44.7 Å². The third-order valence-corrected chi connectivity index (χ3v) is 5.83. The summed E-state index contributed by atoms with van der Waals surface area (Å²) in [5.74, 6) is 1.66.